The molecule has 0 N–H and O–H groups in total. The van der Waals surface area contributed by atoms with Crippen LogP contribution < -0.4 is 5.69 Å². The molecule has 0 aliphatic carbocycles. The van der Waals surface area contributed by atoms with E-state index in [1.807, 2.05) is 59.8 Å². The van der Waals surface area contributed by atoms with Gasteiger partial charge in [-0.2, -0.15) is 10.1 Å². The highest BCUT2D eigenvalue weighted by Gasteiger charge is 2.30. The lowest BCUT2D eigenvalue weighted by atomic mass is 10.2. The van der Waals surface area contributed by atoms with E-state index in [-0.39, 0.29) is 24.1 Å². The van der Waals surface area contributed by atoms with Crippen molar-refractivity contribution in [2.24, 2.45) is 0 Å². The number of carbonyl (C=O) groups is 1. The summed E-state index contributed by atoms with van der Waals surface area (Å²) in [7, 11) is 0. The lowest BCUT2D eigenvalue weighted by molar-refractivity contribution is -0.134. The third-order valence-electron chi connectivity index (χ3n) is 5.34. The Bertz CT molecular complexity index is 1100. The maximum Gasteiger partial charge on any atom is 0.347 e. The first kappa shape index (κ1) is 19.0. The number of nitrogens with zero attached hydrogens (tertiary/aromatic N) is 6. The van der Waals surface area contributed by atoms with Gasteiger partial charge in [0, 0.05) is 36.5 Å². The van der Waals surface area contributed by atoms with Crippen molar-refractivity contribution in [3.63, 3.8) is 0 Å². The number of hydrogen-bond acceptors (Lipinski definition) is 5. The van der Waals surface area contributed by atoms with Crippen molar-refractivity contribution in [1.29, 1.82) is 0 Å². The molecule has 1 amide bonds. The molecule has 0 radical (unpaired) electrons. The predicted octanol–water partition coefficient (Wildman–Crippen LogP) is 2.11. The molecule has 150 valence electrons. The Morgan fingerprint density at radius 1 is 1.14 bits per heavy atom. The lowest BCUT2D eigenvalue weighted by Crippen LogP contribution is -2.42. The van der Waals surface area contributed by atoms with Gasteiger partial charge < -0.3 is 4.90 Å². The summed E-state index contributed by atoms with van der Waals surface area (Å²) in [6.07, 6.45) is 0.246. The molecule has 3 heterocycles. The number of carbonyl (C=O) groups excluding carboxylic acids is 1. The average Bonchev–Trinajstić information content (AvgIpc) is 3.13. The Kier molecular flexibility index (Phi) is 5.00. The van der Waals surface area contributed by atoms with Crippen LogP contribution in [0.3, 0.4) is 0 Å². The van der Waals surface area contributed by atoms with Crippen molar-refractivity contribution in [3.8, 4) is 11.4 Å². The number of rotatable bonds is 4. The number of aromatic nitrogens is 5. The second-order valence-electron chi connectivity index (χ2n) is 7.37. The van der Waals surface area contributed by atoms with Crippen LogP contribution in [0.25, 0.3) is 11.4 Å². The third-order valence-corrected chi connectivity index (χ3v) is 5.34. The Balaban J connectivity index is 1.49. The Labute approximate surface area is 168 Å². The van der Waals surface area contributed by atoms with E-state index in [9.17, 15) is 9.59 Å². The number of hydrogen-bond donors (Lipinski definition) is 0. The molecule has 1 atom stereocenters. The summed E-state index contributed by atoms with van der Waals surface area (Å²) in [5.74, 6) is 1.46. The fraction of sp³-hybridized carbons (Fsp3) is 0.381. The molecule has 0 saturated heterocycles. The maximum absolute atomic E-state index is 12.9. The van der Waals surface area contributed by atoms with Crippen LogP contribution in [0.4, 0.5) is 0 Å². The lowest BCUT2D eigenvalue weighted by Gasteiger charge is -2.33. The molecule has 0 unspecified atom stereocenters. The first-order valence-electron chi connectivity index (χ1n) is 9.79. The van der Waals surface area contributed by atoms with Crippen LogP contribution in [0.5, 0.6) is 0 Å². The number of aryl methyl sites for hydroxylation is 2. The fourth-order valence-electron chi connectivity index (χ4n) is 3.81. The quantitative estimate of drug-likeness (QED) is 0.679. The van der Waals surface area contributed by atoms with Gasteiger partial charge in [0.1, 0.15) is 5.82 Å². The largest absolute Gasteiger partial charge is 0.347 e. The molecule has 0 bridgehead atoms. The molecule has 0 saturated carbocycles. The molecule has 0 fully saturated rings. The van der Waals surface area contributed by atoms with E-state index < -0.39 is 0 Å². The first-order chi connectivity index (χ1) is 13.9. The van der Waals surface area contributed by atoms with E-state index in [2.05, 4.69) is 15.1 Å². The summed E-state index contributed by atoms with van der Waals surface area (Å²) >= 11 is 0. The highest BCUT2D eigenvalue weighted by molar-refractivity contribution is 5.76. The zero-order chi connectivity index (χ0) is 20.5. The van der Waals surface area contributed by atoms with Gasteiger partial charge in [0.15, 0.2) is 5.82 Å². The molecule has 29 heavy (non-hydrogen) atoms. The molecule has 8 heteroatoms. The molecule has 0 spiro atoms. The van der Waals surface area contributed by atoms with Crippen molar-refractivity contribution in [1.82, 2.24) is 29.2 Å². The summed E-state index contributed by atoms with van der Waals surface area (Å²) in [6, 6.07) is 11.5. The maximum atomic E-state index is 12.9. The molecule has 3 aromatic rings. The average molecular weight is 392 g/mol. The monoisotopic (exact) mass is 392 g/mol. The molecular formula is C21H24N6O2. The van der Waals surface area contributed by atoms with Crippen LogP contribution in [0.2, 0.25) is 0 Å². The highest BCUT2D eigenvalue weighted by Crippen LogP contribution is 2.26. The van der Waals surface area contributed by atoms with Gasteiger partial charge in [-0.15, -0.1) is 0 Å². The van der Waals surface area contributed by atoms with E-state index in [1.54, 1.807) is 11.5 Å². The van der Waals surface area contributed by atoms with E-state index in [1.165, 1.54) is 0 Å². The van der Waals surface area contributed by atoms with Gasteiger partial charge in [-0.3, -0.25) is 9.36 Å². The van der Waals surface area contributed by atoms with Crippen molar-refractivity contribution < 1.29 is 4.79 Å². The Hall–Kier alpha value is -3.29. The summed E-state index contributed by atoms with van der Waals surface area (Å²) in [5, 5.41) is 4.60. The van der Waals surface area contributed by atoms with Gasteiger partial charge in [-0.05, 0) is 26.8 Å². The van der Waals surface area contributed by atoms with E-state index >= 15 is 0 Å². The zero-order valence-corrected chi connectivity index (χ0v) is 16.9. The normalized spacial score (nSPS) is 16.0. The molecule has 1 aliphatic rings. The van der Waals surface area contributed by atoms with Crippen LogP contribution in [-0.2, 0) is 17.9 Å². The number of amides is 1. The van der Waals surface area contributed by atoms with E-state index in [0.717, 1.165) is 17.1 Å². The standard InChI is InChI=1S/C21H24N6O2/c1-14-13-15(2)25(21(29)22-14)10-9-18(28)26-11-12-27-20(16(26)3)23-19(24-27)17-7-5-4-6-8-17/h4-8,13,16H,9-12H2,1-3H3/t16-/m0/s1. The molecule has 1 aromatic carbocycles. The highest BCUT2D eigenvalue weighted by atomic mass is 16.2. The smallest absolute Gasteiger partial charge is 0.331 e. The minimum Gasteiger partial charge on any atom is -0.331 e. The van der Waals surface area contributed by atoms with Crippen molar-refractivity contribution in [3.05, 3.63) is 64.1 Å². The Morgan fingerprint density at radius 2 is 1.90 bits per heavy atom. The van der Waals surface area contributed by atoms with Crippen molar-refractivity contribution in [2.45, 2.75) is 46.3 Å². The minimum atomic E-state index is -0.311. The van der Waals surface area contributed by atoms with Crippen LogP contribution in [0.1, 0.15) is 36.6 Å². The van der Waals surface area contributed by atoms with Crippen molar-refractivity contribution >= 4 is 5.91 Å². The van der Waals surface area contributed by atoms with Crippen LogP contribution in [-0.4, -0.2) is 41.7 Å². The van der Waals surface area contributed by atoms with Gasteiger partial charge in [0.2, 0.25) is 5.91 Å². The zero-order valence-electron chi connectivity index (χ0n) is 16.9. The molecule has 2 aromatic heterocycles. The first-order valence-corrected chi connectivity index (χ1v) is 9.79. The summed E-state index contributed by atoms with van der Waals surface area (Å²) in [6.45, 7) is 7.12. The second kappa shape index (κ2) is 7.62. The molecular weight excluding hydrogens is 368 g/mol. The second-order valence-corrected chi connectivity index (χ2v) is 7.37. The number of benzene rings is 1. The molecule has 8 nitrogen and oxygen atoms in total. The Morgan fingerprint density at radius 3 is 2.62 bits per heavy atom. The van der Waals surface area contributed by atoms with Gasteiger partial charge >= 0.3 is 5.69 Å². The van der Waals surface area contributed by atoms with Crippen LogP contribution in [0, 0.1) is 13.8 Å². The van der Waals surface area contributed by atoms with Crippen LogP contribution >= 0.6 is 0 Å². The topological polar surface area (TPSA) is 85.9 Å². The van der Waals surface area contributed by atoms with Gasteiger partial charge in [-0.1, -0.05) is 30.3 Å². The van der Waals surface area contributed by atoms with Crippen LogP contribution in [0.15, 0.2) is 41.2 Å². The summed E-state index contributed by atoms with van der Waals surface area (Å²) in [4.78, 5) is 35.5. The minimum absolute atomic E-state index is 0.000105. The van der Waals surface area contributed by atoms with Gasteiger partial charge in [-0.25, -0.2) is 14.5 Å². The van der Waals surface area contributed by atoms with Gasteiger partial charge in [0.25, 0.3) is 0 Å². The third kappa shape index (κ3) is 3.70. The van der Waals surface area contributed by atoms with Crippen molar-refractivity contribution in [2.75, 3.05) is 6.54 Å². The fourth-order valence-corrected chi connectivity index (χ4v) is 3.81. The molecule has 4 rings (SSSR count). The van der Waals surface area contributed by atoms with E-state index in [0.29, 0.717) is 31.2 Å². The predicted molar refractivity (Wildman–Crippen MR) is 108 cm³/mol. The number of fused-ring (bicyclic) bond motifs is 1. The van der Waals surface area contributed by atoms with Gasteiger partial charge in [0.05, 0.1) is 12.6 Å². The summed E-state index contributed by atoms with van der Waals surface area (Å²) < 4.78 is 3.44. The van der Waals surface area contributed by atoms with E-state index in [4.69, 9.17) is 0 Å². The molecule has 1 aliphatic heterocycles. The SMILES string of the molecule is Cc1cc(C)n(CCC(=O)N2CCn3nc(-c4ccccc4)nc3[C@@H]2C)c(=O)n1. The summed E-state index contributed by atoms with van der Waals surface area (Å²) in [5.41, 5.74) is 2.15.